The Bertz CT molecular complexity index is 520. The maximum Gasteiger partial charge on any atom is 0.229 e. The second kappa shape index (κ2) is 5.08. The monoisotopic (exact) mass is 342 g/mol. The summed E-state index contributed by atoms with van der Waals surface area (Å²) in [4.78, 5) is 12.4. The largest absolute Gasteiger partial charge is 0.327 e. The average Bonchev–Trinajstić information content (AvgIpc) is 2.94. The fourth-order valence-corrected chi connectivity index (χ4v) is 3.95. The fraction of sp³-hybridized carbons (Fsp3) is 0.500. The van der Waals surface area contributed by atoms with E-state index in [4.69, 9.17) is 17.3 Å². The van der Waals surface area contributed by atoms with E-state index < -0.39 is 0 Å². The zero-order valence-corrected chi connectivity index (χ0v) is 12.7. The van der Waals surface area contributed by atoms with Gasteiger partial charge in [0, 0.05) is 16.2 Å². The number of hydrogen-bond acceptors (Lipinski definition) is 2. The molecule has 0 spiro atoms. The highest BCUT2D eigenvalue weighted by Gasteiger charge is 2.49. The molecule has 1 aromatic carbocycles. The average molecular weight is 344 g/mol. The van der Waals surface area contributed by atoms with Crippen molar-refractivity contribution in [2.75, 3.05) is 5.32 Å². The number of carbonyl (C=O) groups is 1. The Hall–Kier alpha value is -0.580. The van der Waals surface area contributed by atoms with Crippen molar-refractivity contribution >= 4 is 39.1 Å². The number of benzene rings is 1. The third-order valence-corrected chi connectivity index (χ3v) is 5.70. The molecular formula is C14H16BrClN2O. The summed E-state index contributed by atoms with van der Waals surface area (Å²) < 4.78 is 0.823. The minimum absolute atomic E-state index is 0.0182. The van der Waals surface area contributed by atoms with Crippen LogP contribution in [-0.2, 0) is 4.79 Å². The molecule has 1 aromatic rings. The first-order valence-electron chi connectivity index (χ1n) is 6.58. The van der Waals surface area contributed by atoms with Crippen LogP contribution in [0.5, 0.6) is 0 Å². The Morgan fingerprint density at radius 3 is 2.74 bits per heavy atom. The van der Waals surface area contributed by atoms with Crippen LogP contribution in [0.1, 0.15) is 19.3 Å². The minimum atomic E-state index is -0.0406. The first-order chi connectivity index (χ1) is 9.06. The van der Waals surface area contributed by atoms with Gasteiger partial charge in [0.2, 0.25) is 5.91 Å². The smallest absolute Gasteiger partial charge is 0.229 e. The second-order valence-electron chi connectivity index (χ2n) is 5.55. The lowest BCUT2D eigenvalue weighted by atomic mass is 9.84. The number of amides is 1. The van der Waals surface area contributed by atoms with Crippen molar-refractivity contribution in [3.05, 3.63) is 27.7 Å². The Kier molecular flexibility index (Phi) is 3.58. The molecule has 2 aliphatic rings. The highest BCUT2D eigenvalue weighted by atomic mass is 79.9. The van der Waals surface area contributed by atoms with Gasteiger partial charge in [-0.15, -0.1) is 0 Å². The number of rotatable bonds is 2. The van der Waals surface area contributed by atoms with E-state index in [0.29, 0.717) is 16.9 Å². The van der Waals surface area contributed by atoms with E-state index in [2.05, 4.69) is 21.2 Å². The molecule has 0 radical (unpaired) electrons. The molecule has 0 saturated heterocycles. The molecule has 2 saturated carbocycles. The molecule has 4 unspecified atom stereocenters. The van der Waals surface area contributed by atoms with Gasteiger partial charge in [0.05, 0.1) is 10.9 Å². The zero-order chi connectivity index (χ0) is 13.6. The summed E-state index contributed by atoms with van der Waals surface area (Å²) >= 11 is 9.36. The highest BCUT2D eigenvalue weighted by Crippen LogP contribution is 2.47. The minimum Gasteiger partial charge on any atom is -0.327 e. The Labute approximate surface area is 126 Å². The third kappa shape index (κ3) is 2.41. The molecule has 3 N–H and O–H groups in total. The van der Waals surface area contributed by atoms with Crippen molar-refractivity contribution in [2.24, 2.45) is 23.5 Å². The van der Waals surface area contributed by atoms with Gasteiger partial charge in [-0.2, -0.15) is 0 Å². The van der Waals surface area contributed by atoms with Crippen LogP contribution in [0.15, 0.2) is 22.7 Å². The molecule has 4 atom stereocenters. The van der Waals surface area contributed by atoms with Gasteiger partial charge < -0.3 is 11.1 Å². The van der Waals surface area contributed by atoms with E-state index >= 15 is 0 Å². The van der Waals surface area contributed by atoms with Crippen LogP contribution in [0, 0.1) is 17.8 Å². The summed E-state index contributed by atoms with van der Waals surface area (Å²) in [6, 6.07) is 5.44. The van der Waals surface area contributed by atoms with Crippen LogP contribution in [0.3, 0.4) is 0 Å². The summed E-state index contributed by atoms with van der Waals surface area (Å²) in [5.74, 6) is 0.999. The van der Waals surface area contributed by atoms with E-state index in [0.717, 1.165) is 23.0 Å². The van der Waals surface area contributed by atoms with Crippen LogP contribution in [-0.4, -0.2) is 11.9 Å². The predicted molar refractivity (Wildman–Crippen MR) is 80.1 cm³/mol. The summed E-state index contributed by atoms with van der Waals surface area (Å²) in [6.07, 6.45) is 3.43. The lowest BCUT2D eigenvalue weighted by molar-refractivity contribution is -0.121. The summed E-state index contributed by atoms with van der Waals surface area (Å²) in [5, 5.41) is 3.54. The van der Waals surface area contributed by atoms with E-state index in [1.54, 1.807) is 6.07 Å². The first kappa shape index (κ1) is 13.4. The van der Waals surface area contributed by atoms with Gasteiger partial charge in [0.15, 0.2) is 0 Å². The highest BCUT2D eigenvalue weighted by molar-refractivity contribution is 9.10. The number of halogens is 2. The van der Waals surface area contributed by atoms with Crippen LogP contribution >= 0.6 is 27.5 Å². The van der Waals surface area contributed by atoms with E-state index in [1.165, 1.54) is 6.42 Å². The number of hydrogen-bond donors (Lipinski definition) is 2. The van der Waals surface area contributed by atoms with Gasteiger partial charge in [-0.25, -0.2) is 0 Å². The van der Waals surface area contributed by atoms with Gasteiger partial charge in [0.25, 0.3) is 0 Å². The van der Waals surface area contributed by atoms with Gasteiger partial charge in [-0.1, -0.05) is 11.6 Å². The second-order valence-corrected chi connectivity index (χ2v) is 6.82. The van der Waals surface area contributed by atoms with Crippen molar-refractivity contribution in [1.29, 1.82) is 0 Å². The molecule has 0 aromatic heterocycles. The quantitative estimate of drug-likeness (QED) is 0.864. The van der Waals surface area contributed by atoms with Gasteiger partial charge in [0.1, 0.15) is 0 Å². The van der Waals surface area contributed by atoms with Crippen LogP contribution in [0.2, 0.25) is 5.02 Å². The van der Waals surface area contributed by atoms with Gasteiger partial charge in [-0.05, 0) is 65.2 Å². The standard InChI is InChI=1S/C14H16BrClN2O/c15-10-4-3-9(6-11(10)16)18-14(19)12-7-1-2-8(5-7)13(12)17/h3-4,6-8,12-13H,1-2,5,17H2,(H,18,19). The van der Waals surface area contributed by atoms with Gasteiger partial charge >= 0.3 is 0 Å². The predicted octanol–water partition coefficient (Wildman–Crippen LogP) is 3.41. The SMILES string of the molecule is NC1C2CCC(C2)C1C(=O)Nc1ccc(Br)c(Cl)c1. The van der Waals surface area contributed by atoms with E-state index in [1.807, 2.05) is 12.1 Å². The van der Waals surface area contributed by atoms with Gasteiger partial charge in [-0.3, -0.25) is 4.79 Å². The molecule has 19 heavy (non-hydrogen) atoms. The molecule has 3 rings (SSSR count). The number of fused-ring (bicyclic) bond motifs is 2. The number of nitrogens with one attached hydrogen (secondary N) is 1. The van der Waals surface area contributed by atoms with Crippen molar-refractivity contribution in [2.45, 2.75) is 25.3 Å². The molecule has 0 aliphatic heterocycles. The molecular weight excluding hydrogens is 328 g/mol. The molecule has 0 heterocycles. The van der Waals surface area contributed by atoms with Crippen molar-refractivity contribution in [1.82, 2.24) is 0 Å². The molecule has 2 bridgehead atoms. The number of carbonyl (C=O) groups excluding carboxylic acids is 1. The Morgan fingerprint density at radius 1 is 1.37 bits per heavy atom. The van der Waals surface area contributed by atoms with Crippen LogP contribution in [0.4, 0.5) is 5.69 Å². The van der Waals surface area contributed by atoms with Crippen molar-refractivity contribution in [3.63, 3.8) is 0 Å². The molecule has 3 nitrogen and oxygen atoms in total. The zero-order valence-electron chi connectivity index (χ0n) is 10.4. The normalized spacial score (nSPS) is 32.6. The van der Waals surface area contributed by atoms with Crippen LogP contribution in [0.25, 0.3) is 0 Å². The maximum absolute atomic E-state index is 12.4. The topological polar surface area (TPSA) is 55.1 Å². The molecule has 1 amide bonds. The third-order valence-electron chi connectivity index (χ3n) is 4.47. The van der Waals surface area contributed by atoms with Crippen molar-refractivity contribution < 1.29 is 4.79 Å². The maximum atomic E-state index is 12.4. The number of nitrogens with two attached hydrogens (primary N) is 1. The van der Waals surface area contributed by atoms with E-state index in [9.17, 15) is 4.79 Å². The first-order valence-corrected chi connectivity index (χ1v) is 7.75. The van der Waals surface area contributed by atoms with E-state index in [-0.39, 0.29) is 17.9 Å². The summed E-state index contributed by atoms with van der Waals surface area (Å²) in [5.41, 5.74) is 6.91. The lowest BCUT2D eigenvalue weighted by Gasteiger charge is -2.27. The molecule has 2 aliphatic carbocycles. The summed E-state index contributed by atoms with van der Waals surface area (Å²) in [7, 11) is 0. The summed E-state index contributed by atoms with van der Waals surface area (Å²) in [6.45, 7) is 0. The Balaban J connectivity index is 1.73. The molecule has 102 valence electrons. The van der Waals surface area contributed by atoms with Crippen LogP contribution < -0.4 is 11.1 Å². The molecule has 5 heteroatoms. The fourth-order valence-electron chi connectivity index (χ4n) is 3.52. The lowest BCUT2D eigenvalue weighted by Crippen LogP contribution is -2.42. The number of anilines is 1. The van der Waals surface area contributed by atoms with Crippen molar-refractivity contribution in [3.8, 4) is 0 Å². The molecule has 2 fully saturated rings. The Morgan fingerprint density at radius 2 is 2.11 bits per heavy atom.